The first-order valence-corrected chi connectivity index (χ1v) is 6.88. The standard InChI is InChI=1S/C14H13N3O3S/c1-8-9(6-15-14(21)16-8)13(18)19-7-12-17-10-4-2-3-5-11(10)20-12/h2-5,9H,6-7H2,1H3,(H,15,21). The van der Waals surface area contributed by atoms with Crippen molar-refractivity contribution in [3.63, 3.8) is 0 Å². The summed E-state index contributed by atoms with van der Waals surface area (Å²) in [4.78, 5) is 20.4. The zero-order valence-electron chi connectivity index (χ0n) is 11.3. The number of carbonyl (C=O) groups excluding carboxylic acids is 1. The molecule has 0 aliphatic carbocycles. The number of carbonyl (C=O) groups is 1. The molecule has 3 rings (SSSR count). The van der Waals surface area contributed by atoms with Crippen LogP contribution in [0.4, 0.5) is 0 Å². The molecule has 0 radical (unpaired) electrons. The fourth-order valence-corrected chi connectivity index (χ4v) is 2.31. The van der Waals surface area contributed by atoms with Gasteiger partial charge in [0, 0.05) is 12.3 Å². The van der Waals surface area contributed by atoms with Crippen molar-refractivity contribution in [2.75, 3.05) is 6.54 Å². The second-order valence-corrected chi connectivity index (χ2v) is 5.06. The molecule has 1 aliphatic rings. The lowest BCUT2D eigenvalue weighted by Crippen LogP contribution is -2.41. The van der Waals surface area contributed by atoms with Crippen LogP contribution in [-0.4, -0.2) is 28.3 Å². The topological polar surface area (TPSA) is 76.7 Å². The minimum Gasteiger partial charge on any atom is -0.455 e. The number of fused-ring (bicyclic) bond motifs is 1. The van der Waals surface area contributed by atoms with Gasteiger partial charge in [-0.25, -0.2) is 9.98 Å². The Morgan fingerprint density at radius 3 is 3.10 bits per heavy atom. The van der Waals surface area contributed by atoms with Crippen LogP contribution in [0.15, 0.2) is 33.7 Å². The molecule has 0 fully saturated rings. The second-order valence-electron chi connectivity index (χ2n) is 4.67. The second kappa shape index (κ2) is 5.61. The Labute approximate surface area is 126 Å². The number of aliphatic imine (C=N–C) groups is 1. The molecule has 1 unspecified atom stereocenters. The maximum Gasteiger partial charge on any atom is 0.316 e. The minimum absolute atomic E-state index is 0.00173. The summed E-state index contributed by atoms with van der Waals surface area (Å²) >= 11 is 4.92. The Bertz CT molecular complexity index is 705. The molecule has 6 nitrogen and oxygen atoms in total. The highest BCUT2D eigenvalue weighted by molar-refractivity contribution is 7.80. The van der Waals surface area contributed by atoms with Crippen LogP contribution in [0.3, 0.4) is 0 Å². The number of esters is 1. The molecule has 7 heteroatoms. The monoisotopic (exact) mass is 303 g/mol. The molecule has 1 atom stereocenters. The van der Waals surface area contributed by atoms with Crippen molar-refractivity contribution in [2.24, 2.45) is 10.9 Å². The van der Waals surface area contributed by atoms with Crippen molar-refractivity contribution < 1.29 is 13.9 Å². The highest BCUT2D eigenvalue weighted by Crippen LogP contribution is 2.16. The van der Waals surface area contributed by atoms with E-state index in [0.717, 1.165) is 5.52 Å². The molecule has 0 saturated carbocycles. The van der Waals surface area contributed by atoms with Gasteiger partial charge in [0.2, 0.25) is 5.89 Å². The van der Waals surface area contributed by atoms with Crippen LogP contribution in [-0.2, 0) is 16.1 Å². The van der Waals surface area contributed by atoms with Gasteiger partial charge >= 0.3 is 5.97 Å². The fourth-order valence-electron chi connectivity index (χ4n) is 2.08. The van der Waals surface area contributed by atoms with Crippen LogP contribution in [0.25, 0.3) is 11.1 Å². The van der Waals surface area contributed by atoms with E-state index in [1.807, 2.05) is 24.3 Å². The van der Waals surface area contributed by atoms with E-state index in [1.54, 1.807) is 6.92 Å². The third kappa shape index (κ3) is 2.92. The summed E-state index contributed by atoms with van der Waals surface area (Å²) in [6.45, 7) is 2.17. The highest BCUT2D eigenvalue weighted by atomic mass is 32.1. The molecular weight excluding hydrogens is 290 g/mol. The number of ether oxygens (including phenoxy) is 1. The van der Waals surface area contributed by atoms with E-state index in [1.165, 1.54) is 0 Å². The van der Waals surface area contributed by atoms with E-state index < -0.39 is 5.92 Å². The molecule has 1 aliphatic heterocycles. The zero-order valence-corrected chi connectivity index (χ0v) is 12.1. The Balaban J connectivity index is 1.66. The summed E-state index contributed by atoms with van der Waals surface area (Å²) in [6, 6.07) is 7.39. The Morgan fingerprint density at radius 1 is 1.52 bits per heavy atom. The van der Waals surface area contributed by atoms with Gasteiger partial charge in [-0.2, -0.15) is 0 Å². The number of hydrogen-bond donors (Lipinski definition) is 1. The number of aromatic nitrogens is 1. The van der Waals surface area contributed by atoms with Gasteiger partial charge in [-0.3, -0.25) is 4.79 Å². The lowest BCUT2D eigenvalue weighted by atomic mass is 10.0. The maximum atomic E-state index is 12.0. The van der Waals surface area contributed by atoms with Crippen LogP contribution in [0.5, 0.6) is 0 Å². The van der Waals surface area contributed by atoms with Crippen LogP contribution in [0, 0.1) is 5.92 Å². The number of benzene rings is 1. The number of thiocarbonyl (C=S) groups is 1. The van der Waals surface area contributed by atoms with Crippen LogP contribution in [0.2, 0.25) is 0 Å². The van der Waals surface area contributed by atoms with E-state index >= 15 is 0 Å². The number of para-hydroxylation sites is 2. The third-order valence-electron chi connectivity index (χ3n) is 3.20. The van der Waals surface area contributed by atoms with Crippen LogP contribution < -0.4 is 5.32 Å². The smallest absolute Gasteiger partial charge is 0.316 e. The number of hydrogen-bond acceptors (Lipinski definition) is 5. The van der Waals surface area contributed by atoms with Gasteiger partial charge < -0.3 is 14.5 Å². The molecule has 108 valence electrons. The van der Waals surface area contributed by atoms with Gasteiger partial charge in [0.05, 0.1) is 0 Å². The molecule has 0 spiro atoms. The van der Waals surface area contributed by atoms with E-state index in [4.69, 9.17) is 21.4 Å². The predicted molar refractivity (Wildman–Crippen MR) is 81.0 cm³/mol. The van der Waals surface area contributed by atoms with Crippen molar-refractivity contribution in [3.05, 3.63) is 30.2 Å². The number of nitrogens with zero attached hydrogens (tertiary/aromatic N) is 2. The van der Waals surface area contributed by atoms with E-state index in [0.29, 0.717) is 28.8 Å². The molecule has 0 saturated heterocycles. The van der Waals surface area contributed by atoms with Crippen LogP contribution >= 0.6 is 12.2 Å². The quantitative estimate of drug-likeness (QED) is 0.688. The van der Waals surface area contributed by atoms with Gasteiger partial charge in [0.15, 0.2) is 17.3 Å². The van der Waals surface area contributed by atoms with Gasteiger partial charge in [-0.1, -0.05) is 12.1 Å². The molecule has 2 aromatic rings. The Morgan fingerprint density at radius 2 is 2.33 bits per heavy atom. The minimum atomic E-state index is -0.430. The first-order chi connectivity index (χ1) is 10.1. The molecule has 1 N–H and O–H groups in total. The Hall–Kier alpha value is -2.28. The van der Waals surface area contributed by atoms with Crippen molar-refractivity contribution in [1.82, 2.24) is 10.3 Å². The average molecular weight is 303 g/mol. The summed E-state index contributed by atoms with van der Waals surface area (Å²) in [5.74, 6) is -0.423. The van der Waals surface area contributed by atoms with Gasteiger partial charge in [-0.15, -0.1) is 0 Å². The van der Waals surface area contributed by atoms with Crippen LogP contribution in [0.1, 0.15) is 12.8 Å². The normalized spacial score (nSPS) is 18.2. The number of nitrogens with one attached hydrogen (secondary N) is 1. The van der Waals surface area contributed by atoms with Crippen molar-refractivity contribution in [3.8, 4) is 0 Å². The van der Waals surface area contributed by atoms with E-state index in [2.05, 4.69) is 15.3 Å². The van der Waals surface area contributed by atoms with Gasteiger partial charge in [-0.05, 0) is 31.3 Å². The largest absolute Gasteiger partial charge is 0.455 e. The summed E-state index contributed by atoms with van der Waals surface area (Å²) in [5.41, 5.74) is 2.07. The Kier molecular flexibility index (Phi) is 3.66. The summed E-state index contributed by atoms with van der Waals surface area (Å²) in [5, 5.41) is 3.27. The van der Waals surface area contributed by atoms with Crippen molar-refractivity contribution in [1.29, 1.82) is 0 Å². The predicted octanol–water partition coefficient (Wildman–Crippen LogP) is 1.84. The van der Waals surface area contributed by atoms with Crippen molar-refractivity contribution >= 4 is 40.1 Å². The fraction of sp³-hybridized carbons (Fsp3) is 0.286. The number of rotatable bonds is 3. The molecule has 1 aromatic carbocycles. The molecule has 1 aromatic heterocycles. The number of oxazole rings is 1. The summed E-state index contributed by atoms with van der Waals surface area (Å²) in [6.07, 6.45) is 0. The average Bonchev–Trinajstić information content (AvgIpc) is 2.87. The lowest BCUT2D eigenvalue weighted by molar-refractivity contribution is -0.147. The molecular formula is C14H13N3O3S. The van der Waals surface area contributed by atoms with E-state index in [9.17, 15) is 4.79 Å². The zero-order chi connectivity index (χ0) is 14.8. The lowest BCUT2D eigenvalue weighted by Gasteiger charge is -2.20. The molecule has 0 bridgehead atoms. The molecule has 0 amide bonds. The SMILES string of the molecule is CC1=NC(=S)NCC1C(=O)OCc1nc2ccccc2o1. The summed E-state index contributed by atoms with van der Waals surface area (Å²) in [7, 11) is 0. The first-order valence-electron chi connectivity index (χ1n) is 6.47. The highest BCUT2D eigenvalue weighted by Gasteiger charge is 2.27. The van der Waals surface area contributed by atoms with Gasteiger partial charge in [0.1, 0.15) is 11.4 Å². The maximum absolute atomic E-state index is 12.0. The third-order valence-corrected chi connectivity index (χ3v) is 3.44. The molecule has 21 heavy (non-hydrogen) atoms. The van der Waals surface area contributed by atoms with Gasteiger partial charge in [0.25, 0.3) is 0 Å². The molecule has 2 heterocycles. The van der Waals surface area contributed by atoms with Crippen molar-refractivity contribution in [2.45, 2.75) is 13.5 Å². The summed E-state index contributed by atoms with van der Waals surface area (Å²) < 4.78 is 10.7. The first kappa shape index (κ1) is 13.7. The van der Waals surface area contributed by atoms with E-state index in [-0.39, 0.29) is 12.6 Å².